The number of primary amides is 1. The Morgan fingerprint density at radius 3 is 2.41 bits per heavy atom. The second kappa shape index (κ2) is 8.41. The summed E-state index contributed by atoms with van der Waals surface area (Å²) in [5, 5.41) is 11.7. The van der Waals surface area contributed by atoms with Crippen molar-refractivity contribution in [2.75, 3.05) is 25.5 Å². The minimum absolute atomic E-state index is 0.00110. The number of rotatable bonds is 5. The number of amides is 2. The third kappa shape index (κ3) is 3.94. The first kappa shape index (κ1) is 24.8. The Morgan fingerprint density at radius 1 is 1.24 bits per heavy atom. The van der Waals surface area contributed by atoms with Crippen LogP contribution in [0.25, 0.3) is 0 Å². The Balaban J connectivity index is 1.93. The highest BCUT2D eigenvalue weighted by Gasteiger charge is 2.57. The lowest BCUT2D eigenvalue weighted by atomic mass is 9.79. The van der Waals surface area contributed by atoms with E-state index in [9.17, 15) is 27.9 Å². The molecular formula is C23H22Cl2F3N3O3. The molecule has 2 aromatic carbocycles. The van der Waals surface area contributed by atoms with Crippen LogP contribution < -0.4 is 10.6 Å². The fourth-order valence-corrected chi connectivity index (χ4v) is 5.29. The van der Waals surface area contributed by atoms with E-state index in [1.807, 2.05) is 19.0 Å². The van der Waals surface area contributed by atoms with Crippen molar-refractivity contribution < 1.29 is 27.9 Å². The molecule has 1 fully saturated rings. The van der Waals surface area contributed by atoms with Crippen LogP contribution in [0.3, 0.4) is 0 Å². The predicted octanol–water partition coefficient (Wildman–Crippen LogP) is 4.03. The van der Waals surface area contributed by atoms with Crippen LogP contribution in [0.4, 0.5) is 18.9 Å². The first-order chi connectivity index (χ1) is 15.7. The van der Waals surface area contributed by atoms with Gasteiger partial charge < -0.3 is 20.6 Å². The molecule has 0 aromatic heterocycles. The van der Waals surface area contributed by atoms with Crippen LogP contribution >= 0.6 is 23.2 Å². The van der Waals surface area contributed by atoms with Crippen molar-refractivity contribution in [3.05, 3.63) is 62.6 Å². The number of hydrogen-bond donors (Lipinski definition) is 2. The summed E-state index contributed by atoms with van der Waals surface area (Å²) in [6, 6.07) is 5.75. The monoisotopic (exact) mass is 515 g/mol. The zero-order valence-electron chi connectivity index (χ0n) is 18.3. The van der Waals surface area contributed by atoms with E-state index in [1.165, 1.54) is 18.2 Å². The summed E-state index contributed by atoms with van der Waals surface area (Å²) in [6.45, 7) is 0.0726. The lowest BCUT2D eigenvalue weighted by molar-refractivity contribution is -0.142. The van der Waals surface area contributed by atoms with E-state index >= 15 is 0 Å². The maximum absolute atomic E-state index is 14.2. The zero-order valence-corrected chi connectivity index (χ0v) is 19.8. The van der Waals surface area contributed by atoms with Gasteiger partial charge in [0.05, 0.1) is 11.3 Å². The quantitative estimate of drug-likeness (QED) is 0.629. The standard InChI is InChI=1S/C23H22Cl2F3N3O3/c1-30(2)14-5-11(6-14)10-31-18-8-12(20(29)32)7-16(23(26,27)28)19(18)22(34,21(31)33)15-4-3-13(24)9-17(15)25/h3-4,7-9,11,14,34H,5-6,10H2,1-2H3,(H2,29,32)/t11-,14-,22?. The summed E-state index contributed by atoms with van der Waals surface area (Å²) in [7, 11) is 3.85. The molecule has 1 saturated carbocycles. The number of nitrogens with two attached hydrogens (primary N) is 1. The molecule has 34 heavy (non-hydrogen) atoms. The summed E-state index contributed by atoms with van der Waals surface area (Å²) in [6.07, 6.45) is -3.53. The van der Waals surface area contributed by atoms with E-state index < -0.39 is 40.3 Å². The molecule has 1 aliphatic heterocycles. The van der Waals surface area contributed by atoms with Gasteiger partial charge in [0, 0.05) is 39.3 Å². The molecule has 0 radical (unpaired) electrons. The first-order valence-electron chi connectivity index (χ1n) is 10.5. The van der Waals surface area contributed by atoms with Gasteiger partial charge in [0.1, 0.15) is 0 Å². The molecule has 2 aliphatic rings. The number of nitrogens with zero attached hydrogens (tertiary/aromatic N) is 2. The van der Waals surface area contributed by atoms with Crippen LogP contribution in [0, 0.1) is 5.92 Å². The molecule has 0 spiro atoms. The van der Waals surface area contributed by atoms with Crippen molar-refractivity contribution in [3.8, 4) is 0 Å². The van der Waals surface area contributed by atoms with E-state index in [2.05, 4.69) is 0 Å². The predicted molar refractivity (Wildman–Crippen MR) is 122 cm³/mol. The Hall–Kier alpha value is -2.33. The van der Waals surface area contributed by atoms with Crippen molar-refractivity contribution in [2.45, 2.75) is 30.7 Å². The third-order valence-corrected chi connectivity index (χ3v) is 7.17. The third-order valence-electron chi connectivity index (χ3n) is 6.62. The average Bonchev–Trinajstić information content (AvgIpc) is 2.90. The van der Waals surface area contributed by atoms with E-state index in [0.717, 1.165) is 23.8 Å². The van der Waals surface area contributed by atoms with E-state index in [0.29, 0.717) is 6.07 Å². The Bertz CT molecular complexity index is 1180. The second-order valence-electron chi connectivity index (χ2n) is 8.99. The molecule has 3 N–H and O–H groups in total. The fourth-order valence-electron chi connectivity index (χ4n) is 4.74. The minimum atomic E-state index is -4.99. The van der Waals surface area contributed by atoms with Crippen molar-refractivity contribution in [1.82, 2.24) is 4.90 Å². The molecule has 0 bridgehead atoms. The van der Waals surface area contributed by atoms with Crippen LogP contribution in [0.2, 0.25) is 10.0 Å². The Labute approximate surface area is 204 Å². The molecule has 182 valence electrons. The van der Waals surface area contributed by atoms with Crippen molar-refractivity contribution in [1.29, 1.82) is 0 Å². The summed E-state index contributed by atoms with van der Waals surface area (Å²) in [5.74, 6) is -2.07. The maximum Gasteiger partial charge on any atom is 0.416 e. The van der Waals surface area contributed by atoms with Crippen LogP contribution in [0.5, 0.6) is 0 Å². The smallest absolute Gasteiger partial charge is 0.372 e. The normalized spacial score (nSPS) is 24.4. The first-order valence-corrected chi connectivity index (χ1v) is 11.2. The molecule has 6 nitrogen and oxygen atoms in total. The van der Waals surface area contributed by atoms with Gasteiger partial charge in [-0.15, -0.1) is 0 Å². The summed E-state index contributed by atoms with van der Waals surface area (Å²) < 4.78 is 42.6. The fraction of sp³-hybridized carbons (Fsp3) is 0.391. The highest BCUT2D eigenvalue weighted by atomic mass is 35.5. The molecule has 0 saturated heterocycles. The van der Waals surface area contributed by atoms with Crippen LogP contribution in [-0.2, 0) is 16.6 Å². The molecule has 1 aliphatic carbocycles. The van der Waals surface area contributed by atoms with Gasteiger partial charge in [0.25, 0.3) is 5.91 Å². The lowest BCUT2D eigenvalue weighted by Crippen LogP contribution is -2.48. The van der Waals surface area contributed by atoms with Crippen molar-refractivity contribution >= 4 is 40.7 Å². The van der Waals surface area contributed by atoms with Gasteiger partial charge >= 0.3 is 6.18 Å². The summed E-state index contributed by atoms with van der Waals surface area (Å²) in [5.41, 5.74) is -0.312. The molecule has 1 heterocycles. The second-order valence-corrected chi connectivity index (χ2v) is 9.83. The SMILES string of the molecule is CN(C)[C@H]1C[C@H](CN2C(=O)C(O)(c3ccc(Cl)cc3Cl)c3c2cc(C(N)=O)cc3C(F)(F)F)C1. The number of aliphatic hydroxyl groups is 1. The van der Waals surface area contributed by atoms with E-state index in [1.54, 1.807) is 0 Å². The molecule has 4 rings (SSSR count). The molecule has 1 atom stereocenters. The van der Waals surface area contributed by atoms with E-state index in [4.69, 9.17) is 28.9 Å². The van der Waals surface area contributed by atoms with Crippen molar-refractivity contribution in [3.63, 3.8) is 0 Å². The van der Waals surface area contributed by atoms with Gasteiger partial charge in [-0.25, -0.2) is 0 Å². The zero-order chi connectivity index (χ0) is 25.2. The average molecular weight is 516 g/mol. The van der Waals surface area contributed by atoms with Gasteiger partial charge in [0.15, 0.2) is 5.60 Å². The largest absolute Gasteiger partial charge is 0.416 e. The Morgan fingerprint density at radius 2 is 1.88 bits per heavy atom. The molecule has 2 amide bonds. The van der Waals surface area contributed by atoms with Crippen LogP contribution in [0.15, 0.2) is 30.3 Å². The number of fused-ring (bicyclic) bond motifs is 1. The number of carbonyl (C=O) groups excluding carboxylic acids is 2. The number of anilines is 1. The van der Waals surface area contributed by atoms with Gasteiger partial charge in [-0.3, -0.25) is 9.59 Å². The minimum Gasteiger partial charge on any atom is -0.372 e. The number of carbonyl (C=O) groups is 2. The number of halogens is 5. The number of hydrogen-bond acceptors (Lipinski definition) is 4. The van der Waals surface area contributed by atoms with Crippen molar-refractivity contribution in [2.24, 2.45) is 11.7 Å². The van der Waals surface area contributed by atoms with Gasteiger partial charge in [0.2, 0.25) is 5.91 Å². The summed E-state index contributed by atoms with van der Waals surface area (Å²) in [4.78, 5) is 28.7. The maximum atomic E-state index is 14.2. The lowest BCUT2D eigenvalue weighted by Gasteiger charge is -2.41. The van der Waals surface area contributed by atoms with Gasteiger partial charge in [-0.1, -0.05) is 29.3 Å². The van der Waals surface area contributed by atoms with Crippen LogP contribution in [-0.4, -0.2) is 48.5 Å². The summed E-state index contributed by atoms with van der Waals surface area (Å²) >= 11 is 12.2. The van der Waals surface area contributed by atoms with Crippen LogP contribution in [0.1, 0.15) is 39.9 Å². The molecule has 1 unspecified atom stereocenters. The van der Waals surface area contributed by atoms with E-state index in [-0.39, 0.29) is 39.8 Å². The number of benzene rings is 2. The molecule has 2 aromatic rings. The molecular weight excluding hydrogens is 494 g/mol. The molecule has 11 heteroatoms. The highest BCUT2D eigenvalue weighted by molar-refractivity contribution is 6.35. The van der Waals surface area contributed by atoms with Gasteiger partial charge in [-0.05, 0) is 57.1 Å². The highest BCUT2D eigenvalue weighted by Crippen LogP contribution is 2.52. The number of alkyl halides is 3. The topological polar surface area (TPSA) is 86.9 Å². The Kier molecular flexibility index (Phi) is 6.13. The van der Waals surface area contributed by atoms with Gasteiger partial charge in [-0.2, -0.15) is 13.2 Å².